The molecule has 0 saturated carbocycles. The van der Waals surface area contributed by atoms with E-state index in [2.05, 4.69) is 219 Å². The number of furan rings is 2. The number of aromatic nitrogens is 6. The van der Waals surface area contributed by atoms with Crippen molar-refractivity contribution < 1.29 is 8.83 Å². The Morgan fingerprint density at radius 2 is 0.561 bits per heavy atom. The minimum Gasteiger partial charge on any atom is -0.464 e. The molecule has 624 valence electrons. The van der Waals surface area contributed by atoms with Gasteiger partial charge in [0.2, 0.25) is 0 Å². The molecular weight excluding hydrogens is 1540 g/mol. The van der Waals surface area contributed by atoms with Crippen LogP contribution in [0.15, 0.2) is 258 Å². The lowest BCUT2D eigenvalue weighted by Gasteiger charge is -2.33. The van der Waals surface area contributed by atoms with Gasteiger partial charge in [0.05, 0.1) is 64.8 Å². The molecule has 6 spiro atoms. The Kier molecular flexibility index (Phi) is 22.7. The molecule has 0 fully saturated rings. The van der Waals surface area contributed by atoms with Gasteiger partial charge in [0, 0.05) is 123 Å². The lowest BCUT2D eigenvalue weighted by atomic mass is 9.75. The third-order valence-corrected chi connectivity index (χ3v) is 28.9. The SMILES string of the molecule is CC1=N[C@@]2(CC1)CCc1c(cccc1-c1ccco1)C2.CC1=N[C@@]2(CC1)CCc1c(cccc1-c1ccsc1)C2.CC1=N[C@@]2(CC1)CCc1c(cccc1-c1cncnc1)C2.CN1C=N[C@@]2(CCc3c(cccc3-c3cncnc3)C2)C1.CN1C=N[C@]2(CCc3c(cccc3-c3ccco3)C2)C1.CN1C=N[C@]2(CCc3c(cccc3-c3cncnc3)C2)C1. The summed E-state index contributed by atoms with van der Waals surface area (Å²) in [6.07, 6.45) is 52.8. The molecule has 0 amide bonds. The van der Waals surface area contributed by atoms with Crippen molar-refractivity contribution in [3.63, 3.8) is 0 Å². The lowest BCUT2D eigenvalue weighted by molar-refractivity contribution is 0.336. The second kappa shape index (κ2) is 34.5. The fourth-order valence-corrected chi connectivity index (χ4v) is 22.9. The number of likely N-dealkylation sites (N-methyl/N-ethyl adjacent to an activating group) is 3. The number of nitrogens with zero attached hydrogens (tertiary/aromatic N) is 15. The maximum absolute atomic E-state index is 5.59. The maximum Gasteiger partial charge on any atom is 0.134 e. The number of aliphatic imine (C=N–C) groups is 6. The van der Waals surface area contributed by atoms with Gasteiger partial charge in [0.15, 0.2) is 0 Å². The van der Waals surface area contributed by atoms with Crippen LogP contribution in [0.1, 0.15) is 165 Å². The summed E-state index contributed by atoms with van der Waals surface area (Å²) in [4.78, 5) is 60.8. The van der Waals surface area contributed by atoms with Gasteiger partial charge in [-0.2, -0.15) is 11.3 Å². The molecule has 0 bridgehead atoms. The number of hydrogen-bond acceptors (Lipinski definition) is 18. The Labute approximate surface area is 728 Å². The maximum atomic E-state index is 5.59. The molecule has 0 unspecified atom stereocenters. The predicted molar refractivity (Wildman–Crippen MR) is 499 cm³/mol. The molecule has 0 radical (unpaired) electrons. The Morgan fingerprint density at radius 3 is 0.813 bits per heavy atom. The van der Waals surface area contributed by atoms with Crippen LogP contribution in [-0.4, -0.2) is 155 Å². The van der Waals surface area contributed by atoms with E-state index in [0.717, 1.165) is 138 Å². The van der Waals surface area contributed by atoms with E-state index in [1.54, 1.807) is 48.4 Å². The summed E-state index contributed by atoms with van der Waals surface area (Å²) < 4.78 is 11.2. The zero-order chi connectivity index (χ0) is 83.6. The van der Waals surface area contributed by atoms with E-state index < -0.39 is 0 Å². The normalized spacial score (nSPS) is 24.1. The van der Waals surface area contributed by atoms with Crippen molar-refractivity contribution in [3.05, 3.63) is 286 Å². The summed E-state index contributed by atoms with van der Waals surface area (Å²) in [7, 11) is 6.31. The van der Waals surface area contributed by atoms with E-state index >= 15 is 0 Å². The van der Waals surface area contributed by atoms with E-state index in [1.807, 2.05) is 74.4 Å². The standard InChI is InChI=1S/C18H19N3.C18H19NO.C18H19NS.2C17H18N4.C17H18N2O/c1-13-5-7-18(21-13)8-6-17-14(9-18)3-2-4-16(17)15-10-19-12-20-11-15;1-13-7-9-18(19-13)10-8-15-14(12-18)4-2-5-16(15)17-6-3-11-20-17;1-13-5-8-18(19-13)9-6-17-14(11-18)3-2-4-16(17)15-7-10-20-12-15;2*1-21-10-17(20-12-21)6-5-16-13(7-17)3-2-4-15(16)14-8-18-11-19-9-14;1-19-11-17(18-12-19)8-7-14-13(10-17)4-2-5-15(14)16-6-3-9-20-16/h2-4,10-12H,5-9H2,1H3;2-6,11H,7-10,12H2,1H3;2-4,7,10,12H,5-6,8-9,11H2,1H3;2*2-4,8-9,11-12H,5-7,10H2,1H3;2-6,9,12H,7-8,10-11H2,1H3/t3*18-;3*17-/m000100/s1. The summed E-state index contributed by atoms with van der Waals surface area (Å²) in [6, 6.07) is 50.0. The summed E-state index contributed by atoms with van der Waals surface area (Å²) in [5, 5.41) is 4.43. The van der Waals surface area contributed by atoms with Gasteiger partial charge in [0.25, 0.3) is 0 Å². The first-order valence-corrected chi connectivity index (χ1v) is 45.4. The topological polar surface area (TPSA) is 188 Å². The van der Waals surface area contributed by atoms with Crippen LogP contribution in [0.2, 0.25) is 0 Å². The molecule has 24 rings (SSSR count). The van der Waals surface area contributed by atoms with Crippen molar-refractivity contribution in [2.24, 2.45) is 30.0 Å². The van der Waals surface area contributed by atoms with Crippen molar-refractivity contribution >= 4 is 47.5 Å². The lowest BCUT2D eigenvalue weighted by Crippen LogP contribution is -2.38. The van der Waals surface area contributed by atoms with Crippen molar-refractivity contribution in [2.45, 2.75) is 208 Å². The number of rotatable bonds is 6. The van der Waals surface area contributed by atoms with Crippen LogP contribution in [0.3, 0.4) is 0 Å². The van der Waals surface area contributed by atoms with Crippen molar-refractivity contribution in [2.75, 3.05) is 40.8 Å². The van der Waals surface area contributed by atoms with Gasteiger partial charge in [-0.15, -0.1) is 0 Å². The third kappa shape index (κ3) is 17.3. The van der Waals surface area contributed by atoms with Crippen molar-refractivity contribution in [3.8, 4) is 67.2 Å². The van der Waals surface area contributed by atoms with E-state index in [1.165, 1.54) is 181 Å². The summed E-state index contributed by atoms with van der Waals surface area (Å²) in [5.41, 5.74) is 35.0. The van der Waals surface area contributed by atoms with Gasteiger partial charge >= 0.3 is 0 Å². The number of benzene rings is 6. The van der Waals surface area contributed by atoms with Gasteiger partial charge in [0.1, 0.15) is 30.5 Å². The van der Waals surface area contributed by atoms with E-state index in [4.69, 9.17) is 38.8 Å². The van der Waals surface area contributed by atoms with Gasteiger partial charge in [-0.25, -0.2) is 29.9 Å². The molecule has 12 heterocycles. The van der Waals surface area contributed by atoms with Crippen LogP contribution in [0.25, 0.3) is 67.2 Å². The fraction of sp³-hybridized carbons (Fsp3) is 0.371. The first-order valence-electron chi connectivity index (χ1n) is 44.5. The fourth-order valence-electron chi connectivity index (χ4n) is 22.3. The highest BCUT2D eigenvalue weighted by atomic mass is 32.1. The monoisotopic (exact) mass is 1650 g/mol. The van der Waals surface area contributed by atoms with Crippen LogP contribution >= 0.6 is 11.3 Å². The average molecular weight is 1650 g/mol. The third-order valence-electron chi connectivity index (χ3n) is 28.2. The summed E-state index contributed by atoms with van der Waals surface area (Å²) in [5.74, 6) is 1.97. The number of thiophene rings is 1. The van der Waals surface area contributed by atoms with Crippen LogP contribution < -0.4 is 0 Å². The van der Waals surface area contributed by atoms with Crippen LogP contribution in [0, 0.1) is 0 Å². The van der Waals surface area contributed by atoms with Gasteiger partial charge in [-0.1, -0.05) is 109 Å². The Hall–Kier alpha value is -11.8. The van der Waals surface area contributed by atoms with Crippen LogP contribution in [0.5, 0.6) is 0 Å². The van der Waals surface area contributed by atoms with Crippen LogP contribution in [-0.2, 0) is 77.0 Å². The van der Waals surface area contributed by atoms with Crippen molar-refractivity contribution in [1.82, 2.24) is 44.6 Å². The smallest absolute Gasteiger partial charge is 0.134 e. The molecular formula is C105H111N15O2S. The molecule has 12 aliphatic rings. The van der Waals surface area contributed by atoms with E-state index in [-0.39, 0.29) is 33.2 Å². The second-order valence-corrected chi connectivity index (χ2v) is 37.7. The van der Waals surface area contributed by atoms with Gasteiger partial charge in [-0.3, -0.25) is 30.0 Å². The van der Waals surface area contributed by atoms with Crippen LogP contribution in [0.4, 0.5) is 0 Å². The highest BCUT2D eigenvalue weighted by Gasteiger charge is 2.44. The number of fused-ring (bicyclic) bond motifs is 6. The largest absolute Gasteiger partial charge is 0.464 e. The molecule has 18 heteroatoms. The average Bonchev–Trinajstić information content (AvgIpc) is 1.73. The quantitative estimate of drug-likeness (QED) is 0.154. The highest BCUT2D eigenvalue weighted by molar-refractivity contribution is 7.08. The molecule has 6 aliphatic carbocycles. The minimum atomic E-state index is 0.0908. The number of hydrogen-bond donors (Lipinski definition) is 0. The highest BCUT2D eigenvalue weighted by Crippen LogP contribution is 2.48. The molecule has 6 aromatic carbocycles. The molecule has 17 nitrogen and oxygen atoms in total. The Balaban J connectivity index is 0.0000000970. The zero-order valence-corrected chi connectivity index (χ0v) is 72.9. The first kappa shape index (κ1) is 80.9. The van der Waals surface area contributed by atoms with E-state index in [0.29, 0.717) is 0 Å². The Bertz CT molecular complexity index is 5740. The molecule has 0 N–H and O–H groups in total. The predicted octanol–water partition coefficient (Wildman–Crippen LogP) is 20.8. The molecule has 6 aliphatic heterocycles. The first-order chi connectivity index (χ1) is 60.0. The molecule has 123 heavy (non-hydrogen) atoms. The summed E-state index contributed by atoms with van der Waals surface area (Å²) >= 11 is 1.78. The van der Waals surface area contributed by atoms with Crippen molar-refractivity contribution in [1.29, 1.82) is 0 Å². The molecule has 12 aromatic rings. The second-order valence-electron chi connectivity index (χ2n) is 36.9. The molecule has 0 saturated heterocycles. The zero-order valence-electron chi connectivity index (χ0n) is 72.0. The van der Waals surface area contributed by atoms with E-state index in [9.17, 15) is 0 Å². The minimum absolute atomic E-state index is 0.0908. The van der Waals surface area contributed by atoms with Gasteiger partial charge < -0.3 is 23.5 Å². The summed E-state index contributed by atoms with van der Waals surface area (Å²) in [6.45, 7) is 9.63. The van der Waals surface area contributed by atoms with Gasteiger partial charge in [-0.05, 0) is 311 Å². The Morgan fingerprint density at radius 1 is 0.293 bits per heavy atom. The molecule has 6 atom stereocenters. The molecule has 6 aromatic heterocycles.